The number of hydrogen-bond donors (Lipinski definition) is 0. The summed E-state index contributed by atoms with van der Waals surface area (Å²) in [5, 5.41) is 0. The maximum atomic E-state index is 5.78. The molecule has 0 unspecified atom stereocenters. The summed E-state index contributed by atoms with van der Waals surface area (Å²) >= 11 is 13.1. The molecule has 0 aliphatic carbocycles. The molecule has 0 heterocycles. The quantitative estimate of drug-likeness (QED) is 0.344. The van der Waals surface area contributed by atoms with Crippen LogP contribution in [0.1, 0.15) is 47.5 Å². The molecule has 0 aromatic rings. The maximum Gasteiger partial charge on any atom is 0.223 e. The molecule has 0 atom stereocenters. The van der Waals surface area contributed by atoms with Crippen LogP contribution in [-0.2, 0) is 14.2 Å². The summed E-state index contributed by atoms with van der Waals surface area (Å²) < 4.78 is 17.4. The molecule has 0 fully saturated rings. The molecular formula is C13H24O3S4. The van der Waals surface area contributed by atoms with Gasteiger partial charge in [-0.1, -0.05) is 13.3 Å². The van der Waals surface area contributed by atoms with Crippen LogP contribution in [0.4, 0.5) is 0 Å². The van der Waals surface area contributed by atoms with Gasteiger partial charge in [-0.05, 0) is 82.1 Å². The van der Waals surface area contributed by atoms with E-state index in [0.29, 0.717) is 15.4 Å². The van der Waals surface area contributed by atoms with Crippen molar-refractivity contribution in [3.05, 3.63) is 0 Å². The summed E-state index contributed by atoms with van der Waals surface area (Å²) in [4.78, 5) is 0. The molecule has 0 aliphatic rings. The topological polar surface area (TPSA) is 27.7 Å². The van der Waals surface area contributed by atoms with Gasteiger partial charge in [0.15, 0.2) is 4.77 Å². The third-order valence-electron chi connectivity index (χ3n) is 1.80. The first kappa shape index (κ1) is 20.4. The van der Waals surface area contributed by atoms with Crippen LogP contribution >= 0.6 is 48.0 Å². The normalized spacial score (nSPS) is 11.2. The van der Waals surface area contributed by atoms with E-state index in [4.69, 9.17) is 38.6 Å². The molecule has 0 aliphatic heterocycles. The second-order valence-electron chi connectivity index (χ2n) is 4.58. The zero-order valence-corrected chi connectivity index (χ0v) is 16.0. The molecule has 0 aromatic carbocycles. The van der Waals surface area contributed by atoms with Gasteiger partial charge >= 0.3 is 0 Å². The Morgan fingerprint density at radius 3 is 1.75 bits per heavy atom. The fourth-order valence-electron chi connectivity index (χ4n) is 1.01. The van der Waals surface area contributed by atoms with Crippen LogP contribution < -0.4 is 0 Å². The molecule has 3 nitrogen and oxygen atoms in total. The van der Waals surface area contributed by atoms with E-state index in [2.05, 4.69) is 6.92 Å². The van der Waals surface area contributed by atoms with Crippen molar-refractivity contribution in [3.8, 4) is 0 Å². The van der Waals surface area contributed by atoms with Crippen LogP contribution in [0, 0.1) is 0 Å². The van der Waals surface area contributed by atoms with Crippen LogP contribution in [0.2, 0.25) is 0 Å². The van der Waals surface area contributed by atoms with Gasteiger partial charge in [0.25, 0.3) is 0 Å². The van der Waals surface area contributed by atoms with Crippen molar-refractivity contribution in [1.29, 1.82) is 0 Å². The first-order valence-corrected chi connectivity index (χ1v) is 9.28. The van der Waals surface area contributed by atoms with E-state index in [0.717, 1.165) is 12.8 Å². The van der Waals surface area contributed by atoms with Crippen molar-refractivity contribution < 1.29 is 14.2 Å². The Morgan fingerprint density at radius 1 is 0.950 bits per heavy atom. The maximum absolute atomic E-state index is 5.78. The highest BCUT2D eigenvalue weighted by atomic mass is 32.2. The van der Waals surface area contributed by atoms with Gasteiger partial charge in [-0.3, -0.25) is 0 Å². The van der Waals surface area contributed by atoms with E-state index >= 15 is 0 Å². The summed E-state index contributed by atoms with van der Waals surface area (Å²) in [6.07, 6.45) is 2.22. The van der Waals surface area contributed by atoms with Crippen molar-refractivity contribution in [1.82, 2.24) is 0 Å². The summed E-state index contributed by atoms with van der Waals surface area (Å²) in [6.45, 7) is 10.6. The number of thiocarbonyl (C=S) groups is 2. The smallest absolute Gasteiger partial charge is 0.223 e. The minimum atomic E-state index is -0.223. The van der Waals surface area contributed by atoms with Crippen molar-refractivity contribution in [3.63, 3.8) is 0 Å². The Morgan fingerprint density at radius 2 is 1.40 bits per heavy atom. The molecular weight excluding hydrogens is 332 g/mol. The predicted octanol–water partition coefficient (Wildman–Crippen LogP) is 4.97. The van der Waals surface area contributed by atoms with Gasteiger partial charge in [0.1, 0.15) is 0 Å². The minimum Gasteiger partial charge on any atom is -0.476 e. The van der Waals surface area contributed by atoms with Crippen molar-refractivity contribution in [2.45, 2.75) is 64.4 Å². The van der Waals surface area contributed by atoms with Crippen molar-refractivity contribution >= 4 is 56.7 Å². The van der Waals surface area contributed by atoms with Gasteiger partial charge in [-0.25, -0.2) is 0 Å². The molecule has 0 aromatic heterocycles. The van der Waals surface area contributed by atoms with E-state index in [1.807, 2.05) is 27.7 Å². The fraction of sp³-hybridized carbons (Fsp3) is 0.846. The lowest BCUT2D eigenvalue weighted by atomic mass is 10.4. The molecule has 0 N–H and O–H groups in total. The molecule has 20 heavy (non-hydrogen) atoms. The highest BCUT2D eigenvalue weighted by Crippen LogP contribution is 2.29. The van der Waals surface area contributed by atoms with Gasteiger partial charge in [0.2, 0.25) is 8.77 Å². The van der Waals surface area contributed by atoms with E-state index in [-0.39, 0.29) is 17.0 Å². The van der Waals surface area contributed by atoms with E-state index < -0.39 is 0 Å². The van der Waals surface area contributed by atoms with Gasteiger partial charge in [0.05, 0.1) is 12.2 Å². The average Bonchev–Trinajstić information content (AvgIpc) is 2.26. The summed E-state index contributed by atoms with van der Waals surface area (Å²) in [6, 6.07) is 0. The van der Waals surface area contributed by atoms with Gasteiger partial charge in [-0.2, -0.15) is 0 Å². The SMILES string of the molecule is CCCCOC(SC(=S)OC(C)C)SC(=S)OC(C)C. The molecule has 118 valence electrons. The van der Waals surface area contributed by atoms with E-state index in [9.17, 15) is 0 Å². The first-order chi connectivity index (χ1) is 9.35. The summed E-state index contributed by atoms with van der Waals surface area (Å²) in [5.41, 5.74) is 0. The Kier molecular flexibility index (Phi) is 12.3. The number of ether oxygens (including phenoxy) is 3. The largest absolute Gasteiger partial charge is 0.476 e. The lowest BCUT2D eigenvalue weighted by molar-refractivity contribution is 0.159. The van der Waals surface area contributed by atoms with E-state index in [1.54, 1.807) is 0 Å². The van der Waals surface area contributed by atoms with E-state index in [1.165, 1.54) is 23.5 Å². The van der Waals surface area contributed by atoms with Crippen LogP contribution in [-0.4, -0.2) is 32.3 Å². The second kappa shape index (κ2) is 12.0. The average molecular weight is 357 g/mol. The number of thioether (sulfide) groups is 2. The van der Waals surface area contributed by atoms with Gasteiger partial charge < -0.3 is 14.2 Å². The molecule has 0 amide bonds. The Labute approximate surface area is 141 Å². The van der Waals surface area contributed by atoms with Crippen molar-refractivity contribution in [2.75, 3.05) is 6.61 Å². The summed E-state index contributed by atoms with van der Waals surface area (Å²) in [7, 11) is 0. The first-order valence-electron chi connectivity index (χ1n) is 6.71. The van der Waals surface area contributed by atoms with Crippen LogP contribution in [0.25, 0.3) is 0 Å². The third-order valence-corrected chi connectivity index (χ3v) is 4.38. The fourth-order valence-corrected chi connectivity index (χ4v) is 4.14. The number of unbranched alkanes of at least 4 members (excludes halogenated alkanes) is 1. The molecule has 0 radical (unpaired) electrons. The zero-order chi connectivity index (χ0) is 15.5. The lowest BCUT2D eigenvalue weighted by Crippen LogP contribution is -2.16. The Bertz CT molecular complexity index is 271. The van der Waals surface area contributed by atoms with Crippen LogP contribution in [0.15, 0.2) is 0 Å². The third kappa shape index (κ3) is 12.2. The van der Waals surface area contributed by atoms with Crippen LogP contribution in [0.5, 0.6) is 0 Å². The monoisotopic (exact) mass is 356 g/mol. The van der Waals surface area contributed by atoms with Crippen LogP contribution in [0.3, 0.4) is 0 Å². The highest BCUT2D eigenvalue weighted by Gasteiger charge is 2.19. The molecule has 0 saturated heterocycles. The predicted molar refractivity (Wildman–Crippen MR) is 97.5 cm³/mol. The molecule has 0 bridgehead atoms. The Hall–Kier alpha value is 0.440. The molecule has 7 heteroatoms. The van der Waals surface area contributed by atoms with Gasteiger partial charge in [0, 0.05) is 6.61 Å². The zero-order valence-electron chi connectivity index (χ0n) is 12.7. The number of hydrogen-bond acceptors (Lipinski definition) is 7. The molecule has 0 saturated carbocycles. The highest BCUT2D eigenvalue weighted by molar-refractivity contribution is 8.35. The summed E-state index contributed by atoms with van der Waals surface area (Å²) in [5.74, 6) is 0. The standard InChI is InChI=1S/C13H24O3S4/c1-6-7-8-14-13(19-11(17)15-9(2)3)20-12(18)16-10(4)5/h9-10,13H,6-8H2,1-5H3. The van der Waals surface area contributed by atoms with Gasteiger partial charge in [-0.15, -0.1) is 0 Å². The number of rotatable bonds is 8. The molecule has 0 spiro atoms. The minimum absolute atomic E-state index is 0.0650. The van der Waals surface area contributed by atoms with Crippen molar-refractivity contribution in [2.24, 2.45) is 0 Å². The molecule has 0 rings (SSSR count). The second-order valence-corrected chi connectivity index (χ2v) is 8.21. The Balaban J connectivity index is 4.32. The lowest BCUT2D eigenvalue weighted by Gasteiger charge is -2.19.